The van der Waals surface area contributed by atoms with E-state index in [1.165, 1.54) is 5.52 Å². The zero-order chi connectivity index (χ0) is 14.7. The standard InChI is InChI=1S/C16H24N4O/c1-13(19-10-7-17-8-11-19)16-18-14-5-2-3-6-15(14)20(16)9-4-12-21/h2-3,5-6,13,17,21H,4,7-12H2,1H3. The predicted molar refractivity (Wildman–Crippen MR) is 84.3 cm³/mol. The zero-order valence-electron chi connectivity index (χ0n) is 12.6. The summed E-state index contributed by atoms with van der Waals surface area (Å²) in [7, 11) is 0. The molecule has 21 heavy (non-hydrogen) atoms. The lowest BCUT2D eigenvalue weighted by atomic mass is 10.2. The van der Waals surface area contributed by atoms with Gasteiger partial charge in [-0.2, -0.15) is 0 Å². The summed E-state index contributed by atoms with van der Waals surface area (Å²) < 4.78 is 2.28. The quantitative estimate of drug-likeness (QED) is 0.873. The number of nitrogens with zero attached hydrogens (tertiary/aromatic N) is 3. The molecule has 1 fully saturated rings. The van der Waals surface area contributed by atoms with Gasteiger partial charge in [-0.15, -0.1) is 0 Å². The molecule has 0 amide bonds. The highest BCUT2D eigenvalue weighted by atomic mass is 16.3. The van der Waals surface area contributed by atoms with E-state index in [4.69, 9.17) is 10.1 Å². The van der Waals surface area contributed by atoms with Crippen LogP contribution < -0.4 is 5.32 Å². The van der Waals surface area contributed by atoms with Crippen molar-refractivity contribution in [3.05, 3.63) is 30.1 Å². The molecule has 0 aliphatic carbocycles. The molecule has 3 rings (SSSR count). The minimum Gasteiger partial charge on any atom is -0.396 e. The molecule has 1 aliphatic rings. The number of aryl methyl sites for hydroxylation is 1. The third kappa shape index (κ3) is 2.95. The Labute approximate surface area is 125 Å². The van der Waals surface area contributed by atoms with Gasteiger partial charge in [0.1, 0.15) is 5.82 Å². The molecule has 1 saturated heterocycles. The van der Waals surface area contributed by atoms with Crippen molar-refractivity contribution in [3.63, 3.8) is 0 Å². The number of benzene rings is 1. The molecule has 114 valence electrons. The van der Waals surface area contributed by atoms with E-state index in [2.05, 4.69) is 39.9 Å². The van der Waals surface area contributed by atoms with Crippen molar-refractivity contribution in [1.29, 1.82) is 0 Å². The first-order valence-electron chi connectivity index (χ1n) is 7.82. The first kappa shape index (κ1) is 14.5. The van der Waals surface area contributed by atoms with E-state index in [1.54, 1.807) is 0 Å². The predicted octanol–water partition coefficient (Wildman–Crippen LogP) is 1.38. The first-order valence-corrected chi connectivity index (χ1v) is 7.82. The smallest absolute Gasteiger partial charge is 0.127 e. The van der Waals surface area contributed by atoms with Crippen LogP contribution in [0.1, 0.15) is 25.2 Å². The van der Waals surface area contributed by atoms with Gasteiger partial charge in [0.15, 0.2) is 0 Å². The summed E-state index contributed by atoms with van der Waals surface area (Å²) in [6.45, 7) is 7.48. The number of aliphatic hydroxyl groups excluding tert-OH is 1. The van der Waals surface area contributed by atoms with Crippen LogP contribution in [0.15, 0.2) is 24.3 Å². The van der Waals surface area contributed by atoms with Crippen molar-refractivity contribution in [2.45, 2.75) is 25.9 Å². The van der Waals surface area contributed by atoms with Crippen LogP contribution in [-0.4, -0.2) is 52.3 Å². The molecule has 0 radical (unpaired) electrons. The van der Waals surface area contributed by atoms with Crippen LogP contribution in [0.5, 0.6) is 0 Å². The van der Waals surface area contributed by atoms with Crippen molar-refractivity contribution in [2.24, 2.45) is 0 Å². The summed E-state index contributed by atoms with van der Waals surface area (Å²) in [5.41, 5.74) is 2.22. The van der Waals surface area contributed by atoms with E-state index in [9.17, 15) is 0 Å². The Balaban J connectivity index is 1.95. The molecule has 2 N–H and O–H groups in total. The van der Waals surface area contributed by atoms with Crippen LogP contribution in [-0.2, 0) is 6.54 Å². The van der Waals surface area contributed by atoms with Gasteiger partial charge < -0.3 is 15.0 Å². The summed E-state index contributed by atoms with van der Waals surface area (Å²) in [5.74, 6) is 1.12. The fourth-order valence-corrected chi connectivity index (χ4v) is 3.11. The Morgan fingerprint density at radius 1 is 1.29 bits per heavy atom. The minimum absolute atomic E-state index is 0.216. The third-order valence-corrected chi connectivity index (χ3v) is 4.30. The van der Waals surface area contributed by atoms with Gasteiger partial charge in [0.25, 0.3) is 0 Å². The third-order valence-electron chi connectivity index (χ3n) is 4.30. The first-order chi connectivity index (χ1) is 10.3. The maximum atomic E-state index is 9.16. The van der Waals surface area contributed by atoms with Gasteiger partial charge in [-0.1, -0.05) is 12.1 Å². The Morgan fingerprint density at radius 3 is 2.81 bits per heavy atom. The number of para-hydroxylation sites is 2. The molecule has 2 aromatic rings. The van der Waals surface area contributed by atoms with Crippen LogP contribution in [0, 0.1) is 0 Å². The SMILES string of the molecule is CC(c1nc2ccccc2n1CCCO)N1CCNCC1. The molecule has 0 bridgehead atoms. The Bertz CT molecular complexity index is 589. The lowest BCUT2D eigenvalue weighted by molar-refractivity contribution is 0.175. The van der Waals surface area contributed by atoms with Crippen LogP contribution in [0.3, 0.4) is 0 Å². The number of nitrogens with one attached hydrogen (secondary N) is 1. The van der Waals surface area contributed by atoms with E-state index < -0.39 is 0 Å². The second-order valence-electron chi connectivity index (χ2n) is 5.65. The van der Waals surface area contributed by atoms with E-state index in [-0.39, 0.29) is 6.61 Å². The zero-order valence-corrected chi connectivity index (χ0v) is 12.6. The van der Waals surface area contributed by atoms with E-state index in [1.807, 2.05) is 6.07 Å². The summed E-state index contributed by atoms with van der Waals surface area (Å²) in [4.78, 5) is 7.34. The number of hydrogen-bond donors (Lipinski definition) is 2. The highest BCUT2D eigenvalue weighted by Gasteiger charge is 2.23. The second kappa shape index (κ2) is 6.56. The average Bonchev–Trinajstić information content (AvgIpc) is 2.91. The number of aliphatic hydroxyl groups is 1. The molecule has 5 heteroatoms. The second-order valence-corrected chi connectivity index (χ2v) is 5.65. The molecular weight excluding hydrogens is 264 g/mol. The summed E-state index contributed by atoms with van der Waals surface area (Å²) in [5, 5.41) is 12.6. The van der Waals surface area contributed by atoms with Crippen molar-refractivity contribution in [2.75, 3.05) is 32.8 Å². The van der Waals surface area contributed by atoms with Crippen molar-refractivity contribution in [1.82, 2.24) is 19.8 Å². The minimum atomic E-state index is 0.216. The summed E-state index contributed by atoms with van der Waals surface area (Å²) >= 11 is 0. The fraction of sp³-hybridized carbons (Fsp3) is 0.562. The van der Waals surface area contributed by atoms with Gasteiger partial charge >= 0.3 is 0 Å². The van der Waals surface area contributed by atoms with Crippen LogP contribution in [0.25, 0.3) is 11.0 Å². The molecule has 1 unspecified atom stereocenters. The van der Waals surface area contributed by atoms with E-state index in [0.29, 0.717) is 6.04 Å². The van der Waals surface area contributed by atoms with Gasteiger partial charge in [0.2, 0.25) is 0 Å². The summed E-state index contributed by atoms with van der Waals surface area (Å²) in [6.07, 6.45) is 0.766. The van der Waals surface area contributed by atoms with Crippen LogP contribution in [0.2, 0.25) is 0 Å². The molecule has 1 atom stereocenters. The molecule has 0 spiro atoms. The normalized spacial score (nSPS) is 18.2. The van der Waals surface area contributed by atoms with Gasteiger partial charge in [0.05, 0.1) is 17.1 Å². The molecule has 1 aromatic heterocycles. The van der Waals surface area contributed by atoms with Crippen molar-refractivity contribution < 1.29 is 5.11 Å². The molecular formula is C16H24N4O. The maximum absolute atomic E-state index is 9.16. The van der Waals surface area contributed by atoms with E-state index in [0.717, 1.165) is 50.5 Å². The van der Waals surface area contributed by atoms with Gasteiger partial charge in [0, 0.05) is 39.3 Å². The van der Waals surface area contributed by atoms with Crippen molar-refractivity contribution >= 4 is 11.0 Å². The van der Waals surface area contributed by atoms with Crippen LogP contribution in [0.4, 0.5) is 0 Å². The lowest BCUT2D eigenvalue weighted by Crippen LogP contribution is -2.45. The Kier molecular flexibility index (Phi) is 4.53. The summed E-state index contributed by atoms with van der Waals surface area (Å²) in [6, 6.07) is 8.58. The molecule has 1 aliphatic heterocycles. The molecule has 1 aromatic carbocycles. The maximum Gasteiger partial charge on any atom is 0.127 e. The molecule has 5 nitrogen and oxygen atoms in total. The topological polar surface area (TPSA) is 53.3 Å². The Hall–Kier alpha value is -1.43. The number of hydrogen-bond acceptors (Lipinski definition) is 4. The average molecular weight is 288 g/mol. The highest BCUT2D eigenvalue weighted by Crippen LogP contribution is 2.25. The van der Waals surface area contributed by atoms with Crippen molar-refractivity contribution in [3.8, 4) is 0 Å². The highest BCUT2D eigenvalue weighted by molar-refractivity contribution is 5.76. The van der Waals surface area contributed by atoms with Gasteiger partial charge in [-0.25, -0.2) is 4.98 Å². The number of fused-ring (bicyclic) bond motifs is 1. The largest absolute Gasteiger partial charge is 0.396 e. The van der Waals surface area contributed by atoms with Gasteiger partial charge in [-0.05, 0) is 25.5 Å². The van der Waals surface area contributed by atoms with E-state index >= 15 is 0 Å². The molecule has 2 heterocycles. The molecule has 0 saturated carbocycles. The number of imidazole rings is 1. The van der Waals surface area contributed by atoms with Crippen LogP contribution >= 0.6 is 0 Å². The number of aromatic nitrogens is 2. The fourth-order valence-electron chi connectivity index (χ4n) is 3.11. The number of rotatable bonds is 5. The number of piperazine rings is 1. The lowest BCUT2D eigenvalue weighted by Gasteiger charge is -2.32. The monoisotopic (exact) mass is 288 g/mol. The Morgan fingerprint density at radius 2 is 2.05 bits per heavy atom. The van der Waals surface area contributed by atoms with Gasteiger partial charge in [-0.3, -0.25) is 4.90 Å².